The summed E-state index contributed by atoms with van der Waals surface area (Å²) in [6.07, 6.45) is 5.85. The van der Waals surface area contributed by atoms with E-state index >= 15 is 0 Å². The first-order chi connectivity index (χ1) is 10.7. The number of amides is 1. The third-order valence-corrected chi connectivity index (χ3v) is 3.95. The lowest BCUT2D eigenvalue weighted by atomic mass is 10.1. The molecule has 0 spiro atoms. The molecule has 5 nitrogen and oxygen atoms in total. The molecule has 1 aromatic carbocycles. The van der Waals surface area contributed by atoms with E-state index in [9.17, 15) is 4.79 Å². The molecule has 1 fully saturated rings. The van der Waals surface area contributed by atoms with Crippen molar-refractivity contribution in [1.82, 2.24) is 10.6 Å². The van der Waals surface area contributed by atoms with Crippen LogP contribution in [0.2, 0.25) is 0 Å². The van der Waals surface area contributed by atoms with Gasteiger partial charge in [-0.25, -0.2) is 0 Å². The second-order valence-electron chi connectivity index (χ2n) is 5.65. The third-order valence-electron chi connectivity index (χ3n) is 3.95. The predicted octanol–water partition coefficient (Wildman–Crippen LogP) is 2.30. The maximum atomic E-state index is 12.0. The van der Waals surface area contributed by atoms with Crippen LogP contribution in [0.15, 0.2) is 29.3 Å². The zero-order valence-electron chi connectivity index (χ0n) is 13.5. The Labute approximate surface area is 132 Å². The molecule has 0 atom stereocenters. The summed E-state index contributed by atoms with van der Waals surface area (Å²) < 4.78 is 0. The number of anilines is 1. The molecule has 1 saturated carbocycles. The first-order valence-electron chi connectivity index (χ1n) is 8.07. The van der Waals surface area contributed by atoms with Crippen LogP contribution in [-0.2, 0) is 11.2 Å². The van der Waals surface area contributed by atoms with E-state index in [0.717, 1.165) is 12.1 Å². The summed E-state index contributed by atoms with van der Waals surface area (Å²) in [4.78, 5) is 16.2. The van der Waals surface area contributed by atoms with Crippen molar-refractivity contribution in [2.45, 2.75) is 45.1 Å². The maximum Gasteiger partial charge on any atom is 0.243 e. The monoisotopic (exact) mass is 302 g/mol. The molecular formula is C17H26N4O. The molecule has 5 heteroatoms. The number of hydrogen-bond donors (Lipinski definition) is 3. The SMILES string of the molecule is CCc1cccc(NC(=O)CNC(=NC)NC2CCCC2)c1. The Hall–Kier alpha value is -2.04. The van der Waals surface area contributed by atoms with E-state index in [1.807, 2.05) is 18.2 Å². The first-order valence-corrected chi connectivity index (χ1v) is 8.07. The van der Waals surface area contributed by atoms with Gasteiger partial charge >= 0.3 is 0 Å². The Kier molecular flexibility index (Phi) is 6.25. The van der Waals surface area contributed by atoms with E-state index in [4.69, 9.17) is 0 Å². The second-order valence-corrected chi connectivity index (χ2v) is 5.65. The summed E-state index contributed by atoms with van der Waals surface area (Å²) in [5, 5.41) is 9.34. The van der Waals surface area contributed by atoms with Crippen LogP contribution in [0.25, 0.3) is 0 Å². The fourth-order valence-corrected chi connectivity index (χ4v) is 2.70. The molecule has 1 amide bonds. The summed E-state index contributed by atoms with van der Waals surface area (Å²) in [7, 11) is 1.73. The number of aryl methyl sites for hydroxylation is 1. The van der Waals surface area contributed by atoms with Crippen molar-refractivity contribution in [1.29, 1.82) is 0 Å². The first kappa shape index (κ1) is 16.3. The van der Waals surface area contributed by atoms with Crippen LogP contribution >= 0.6 is 0 Å². The number of carbonyl (C=O) groups is 1. The van der Waals surface area contributed by atoms with Gasteiger partial charge in [0.25, 0.3) is 0 Å². The topological polar surface area (TPSA) is 65.5 Å². The number of rotatable bonds is 5. The van der Waals surface area contributed by atoms with Crippen molar-refractivity contribution in [2.75, 3.05) is 18.9 Å². The van der Waals surface area contributed by atoms with Crippen molar-refractivity contribution >= 4 is 17.6 Å². The molecular weight excluding hydrogens is 276 g/mol. The lowest BCUT2D eigenvalue weighted by Gasteiger charge is -2.16. The molecule has 22 heavy (non-hydrogen) atoms. The largest absolute Gasteiger partial charge is 0.354 e. The van der Waals surface area contributed by atoms with Crippen LogP contribution in [0.4, 0.5) is 5.69 Å². The van der Waals surface area contributed by atoms with Crippen LogP contribution in [-0.4, -0.2) is 31.5 Å². The van der Waals surface area contributed by atoms with E-state index < -0.39 is 0 Å². The van der Waals surface area contributed by atoms with Gasteiger partial charge in [0.2, 0.25) is 5.91 Å². The van der Waals surface area contributed by atoms with Gasteiger partial charge in [0.05, 0.1) is 6.54 Å². The molecule has 2 rings (SSSR count). The predicted molar refractivity (Wildman–Crippen MR) is 91.2 cm³/mol. The van der Waals surface area contributed by atoms with Gasteiger partial charge in [-0.3, -0.25) is 9.79 Å². The Bertz CT molecular complexity index is 521. The quantitative estimate of drug-likeness (QED) is 0.577. The summed E-state index contributed by atoms with van der Waals surface area (Å²) in [5.41, 5.74) is 2.05. The zero-order valence-corrected chi connectivity index (χ0v) is 13.5. The number of guanidine groups is 1. The summed E-state index contributed by atoms with van der Waals surface area (Å²) >= 11 is 0. The molecule has 0 heterocycles. The highest BCUT2D eigenvalue weighted by Crippen LogP contribution is 2.17. The molecule has 0 radical (unpaired) electrons. The average molecular weight is 302 g/mol. The van der Waals surface area contributed by atoms with E-state index in [2.05, 4.69) is 33.9 Å². The van der Waals surface area contributed by atoms with E-state index in [-0.39, 0.29) is 12.5 Å². The van der Waals surface area contributed by atoms with Gasteiger partial charge in [-0.1, -0.05) is 31.9 Å². The number of carbonyl (C=O) groups excluding carboxylic acids is 1. The maximum absolute atomic E-state index is 12.0. The smallest absolute Gasteiger partial charge is 0.243 e. The standard InChI is InChI=1S/C17H26N4O/c1-3-13-7-6-10-15(11-13)20-16(22)12-19-17(18-2)21-14-8-4-5-9-14/h6-7,10-11,14H,3-5,8-9,12H2,1-2H3,(H,20,22)(H2,18,19,21). The average Bonchev–Trinajstić information content (AvgIpc) is 3.04. The second kappa shape index (κ2) is 8.41. The highest BCUT2D eigenvalue weighted by molar-refractivity contribution is 5.95. The number of benzene rings is 1. The lowest BCUT2D eigenvalue weighted by Crippen LogP contribution is -2.45. The van der Waals surface area contributed by atoms with E-state index in [0.29, 0.717) is 12.0 Å². The minimum Gasteiger partial charge on any atom is -0.354 e. The number of hydrogen-bond acceptors (Lipinski definition) is 2. The molecule has 0 aromatic heterocycles. The van der Waals surface area contributed by atoms with Crippen molar-refractivity contribution in [2.24, 2.45) is 4.99 Å². The van der Waals surface area contributed by atoms with Gasteiger partial charge in [0, 0.05) is 18.8 Å². The van der Waals surface area contributed by atoms with Crippen molar-refractivity contribution in [3.05, 3.63) is 29.8 Å². The van der Waals surface area contributed by atoms with Gasteiger partial charge in [-0.2, -0.15) is 0 Å². The zero-order chi connectivity index (χ0) is 15.8. The number of nitrogens with one attached hydrogen (secondary N) is 3. The highest BCUT2D eigenvalue weighted by atomic mass is 16.1. The fraction of sp³-hybridized carbons (Fsp3) is 0.529. The van der Waals surface area contributed by atoms with Gasteiger partial charge in [-0.05, 0) is 37.0 Å². The van der Waals surface area contributed by atoms with Gasteiger partial charge in [-0.15, -0.1) is 0 Å². The Morgan fingerprint density at radius 1 is 1.32 bits per heavy atom. The summed E-state index contributed by atoms with van der Waals surface area (Å²) in [6.45, 7) is 2.31. The van der Waals surface area contributed by atoms with E-state index in [1.54, 1.807) is 7.05 Å². The highest BCUT2D eigenvalue weighted by Gasteiger charge is 2.16. The number of aliphatic imine (C=N–C) groups is 1. The third kappa shape index (κ3) is 5.06. The van der Waals surface area contributed by atoms with E-state index in [1.165, 1.54) is 31.2 Å². The number of nitrogens with zero attached hydrogens (tertiary/aromatic N) is 1. The normalized spacial score (nSPS) is 15.6. The molecule has 1 aromatic rings. The van der Waals surface area contributed by atoms with Crippen LogP contribution in [0.5, 0.6) is 0 Å². The molecule has 0 saturated heterocycles. The van der Waals surface area contributed by atoms with Gasteiger partial charge < -0.3 is 16.0 Å². The lowest BCUT2D eigenvalue weighted by molar-refractivity contribution is -0.115. The van der Waals surface area contributed by atoms with Crippen LogP contribution in [0, 0.1) is 0 Å². The Morgan fingerprint density at radius 3 is 2.77 bits per heavy atom. The van der Waals surface area contributed by atoms with Crippen LogP contribution in [0.3, 0.4) is 0 Å². The molecule has 0 bridgehead atoms. The molecule has 120 valence electrons. The van der Waals surface area contributed by atoms with Crippen molar-refractivity contribution in [3.63, 3.8) is 0 Å². The molecule has 0 unspecified atom stereocenters. The molecule has 1 aliphatic carbocycles. The molecule has 3 N–H and O–H groups in total. The Balaban J connectivity index is 1.78. The molecule has 0 aliphatic heterocycles. The van der Waals surface area contributed by atoms with Crippen LogP contribution in [0.1, 0.15) is 38.2 Å². The summed E-state index contributed by atoms with van der Waals surface area (Å²) in [5.74, 6) is 0.631. The van der Waals surface area contributed by atoms with Gasteiger partial charge in [0.15, 0.2) is 5.96 Å². The molecule has 1 aliphatic rings. The fourth-order valence-electron chi connectivity index (χ4n) is 2.70. The summed E-state index contributed by atoms with van der Waals surface area (Å²) in [6, 6.07) is 8.41. The van der Waals surface area contributed by atoms with Crippen LogP contribution < -0.4 is 16.0 Å². The Morgan fingerprint density at radius 2 is 2.09 bits per heavy atom. The minimum absolute atomic E-state index is 0.0670. The van der Waals surface area contributed by atoms with Gasteiger partial charge in [0.1, 0.15) is 0 Å². The van der Waals surface area contributed by atoms with Crippen molar-refractivity contribution in [3.8, 4) is 0 Å². The van der Waals surface area contributed by atoms with Crippen molar-refractivity contribution < 1.29 is 4.79 Å². The minimum atomic E-state index is -0.0670.